The Morgan fingerprint density at radius 1 is 1.10 bits per heavy atom. The lowest BCUT2D eigenvalue weighted by atomic mass is 10.1. The Balaban J connectivity index is 1.51. The first-order valence-electron chi connectivity index (χ1n) is 10.1. The van der Waals surface area contributed by atoms with Gasteiger partial charge in [-0.1, -0.05) is 30.3 Å². The summed E-state index contributed by atoms with van der Waals surface area (Å²) in [5, 5.41) is 5.49. The number of anilines is 1. The topological polar surface area (TPSA) is 87.7 Å². The minimum atomic E-state index is -0.555. The smallest absolute Gasteiger partial charge is 0.338 e. The first kappa shape index (κ1) is 21.4. The molecular formula is C23H27N3O4. The Kier molecular flexibility index (Phi) is 6.72. The van der Waals surface area contributed by atoms with Gasteiger partial charge < -0.3 is 20.3 Å². The molecule has 158 valence electrons. The van der Waals surface area contributed by atoms with Gasteiger partial charge in [0.2, 0.25) is 0 Å². The van der Waals surface area contributed by atoms with Crippen LogP contribution in [0.15, 0.2) is 48.5 Å². The number of nitrogens with zero attached hydrogens (tertiary/aromatic N) is 1. The Hall–Kier alpha value is -3.35. The van der Waals surface area contributed by atoms with E-state index in [0.717, 1.165) is 23.2 Å². The summed E-state index contributed by atoms with van der Waals surface area (Å²) in [6.45, 7) is 5.78. The second-order valence-electron chi connectivity index (χ2n) is 7.70. The van der Waals surface area contributed by atoms with Gasteiger partial charge in [0.25, 0.3) is 5.91 Å². The van der Waals surface area contributed by atoms with Gasteiger partial charge in [0, 0.05) is 24.3 Å². The van der Waals surface area contributed by atoms with Crippen molar-refractivity contribution in [2.75, 3.05) is 11.5 Å². The molecule has 0 bridgehead atoms. The number of benzene rings is 2. The summed E-state index contributed by atoms with van der Waals surface area (Å²) in [4.78, 5) is 38.3. The lowest BCUT2D eigenvalue weighted by Crippen LogP contribution is -2.39. The zero-order valence-electron chi connectivity index (χ0n) is 17.5. The molecule has 30 heavy (non-hydrogen) atoms. The van der Waals surface area contributed by atoms with Crippen LogP contribution in [-0.4, -0.2) is 36.6 Å². The minimum Gasteiger partial charge on any atom is -0.452 e. The maximum atomic E-state index is 12.6. The van der Waals surface area contributed by atoms with E-state index in [4.69, 9.17) is 4.74 Å². The van der Waals surface area contributed by atoms with Gasteiger partial charge in [-0.2, -0.15) is 0 Å². The molecule has 2 N–H and O–H groups in total. The molecule has 1 atom stereocenters. The van der Waals surface area contributed by atoms with Crippen LogP contribution in [0.2, 0.25) is 0 Å². The largest absolute Gasteiger partial charge is 0.452 e. The van der Waals surface area contributed by atoms with Crippen LogP contribution >= 0.6 is 0 Å². The van der Waals surface area contributed by atoms with Crippen molar-refractivity contribution < 1.29 is 19.1 Å². The van der Waals surface area contributed by atoms with Crippen LogP contribution < -0.4 is 15.5 Å². The zero-order valence-corrected chi connectivity index (χ0v) is 17.5. The van der Waals surface area contributed by atoms with E-state index in [2.05, 4.69) is 10.6 Å². The maximum absolute atomic E-state index is 12.6. The lowest BCUT2D eigenvalue weighted by molar-refractivity contribution is -0.122. The molecule has 1 heterocycles. The Morgan fingerprint density at radius 3 is 2.50 bits per heavy atom. The van der Waals surface area contributed by atoms with E-state index >= 15 is 0 Å². The van der Waals surface area contributed by atoms with Gasteiger partial charge in [-0.25, -0.2) is 9.59 Å². The average Bonchev–Trinajstić information content (AvgIpc) is 3.06. The van der Waals surface area contributed by atoms with E-state index in [1.54, 1.807) is 29.2 Å². The zero-order chi connectivity index (χ0) is 21.7. The van der Waals surface area contributed by atoms with Crippen molar-refractivity contribution in [3.8, 4) is 0 Å². The third-order valence-electron chi connectivity index (χ3n) is 4.87. The normalized spacial score (nSPS) is 14.9. The van der Waals surface area contributed by atoms with Crippen LogP contribution in [0.1, 0.15) is 42.3 Å². The molecule has 2 aromatic carbocycles. The van der Waals surface area contributed by atoms with Crippen molar-refractivity contribution in [3.63, 3.8) is 0 Å². The number of rotatable bonds is 6. The first-order chi connectivity index (χ1) is 14.3. The molecule has 2 aromatic rings. The third-order valence-corrected chi connectivity index (χ3v) is 4.87. The summed E-state index contributed by atoms with van der Waals surface area (Å²) in [7, 11) is 0. The van der Waals surface area contributed by atoms with Gasteiger partial charge in [-0.15, -0.1) is 0 Å². The predicted octanol–water partition coefficient (Wildman–Crippen LogP) is 3.03. The number of amides is 3. The predicted molar refractivity (Wildman–Crippen MR) is 114 cm³/mol. The number of hydrogen-bond acceptors (Lipinski definition) is 4. The van der Waals surface area contributed by atoms with Crippen LogP contribution in [0, 0.1) is 0 Å². The van der Waals surface area contributed by atoms with Crippen molar-refractivity contribution >= 4 is 23.6 Å². The van der Waals surface area contributed by atoms with Crippen molar-refractivity contribution in [2.24, 2.45) is 0 Å². The van der Waals surface area contributed by atoms with E-state index in [-0.39, 0.29) is 30.6 Å². The Bertz CT molecular complexity index is 924. The fourth-order valence-corrected chi connectivity index (χ4v) is 3.48. The summed E-state index contributed by atoms with van der Waals surface area (Å²) >= 11 is 0. The number of urea groups is 1. The Morgan fingerprint density at radius 2 is 1.80 bits per heavy atom. The number of fused-ring (bicyclic) bond motifs is 1. The van der Waals surface area contributed by atoms with Gasteiger partial charge in [0.1, 0.15) is 0 Å². The molecule has 1 aliphatic rings. The highest BCUT2D eigenvalue weighted by Crippen LogP contribution is 2.31. The fourth-order valence-electron chi connectivity index (χ4n) is 3.48. The standard InChI is InChI=1S/C23H27N3O4/c1-15(2)25-23(29)24-13-17-8-10-18(11-9-17)22(28)30-14-21(27)26-16(3)12-19-6-4-5-7-20(19)26/h4-11,15-16H,12-14H2,1-3H3,(H2,24,25,29)/t16-/m1/s1. The lowest BCUT2D eigenvalue weighted by Gasteiger charge is -2.22. The molecule has 0 saturated carbocycles. The summed E-state index contributed by atoms with van der Waals surface area (Å²) in [6, 6.07) is 14.3. The van der Waals surface area contributed by atoms with Crippen LogP contribution in [0.3, 0.4) is 0 Å². The van der Waals surface area contributed by atoms with Crippen LogP contribution in [0.5, 0.6) is 0 Å². The van der Waals surface area contributed by atoms with Crippen molar-refractivity contribution in [1.29, 1.82) is 0 Å². The van der Waals surface area contributed by atoms with Crippen molar-refractivity contribution in [1.82, 2.24) is 10.6 Å². The molecule has 7 heteroatoms. The van der Waals surface area contributed by atoms with E-state index in [1.807, 2.05) is 45.0 Å². The second kappa shape index (κ2) is 9.43. The van der Waals surface area contributed by atoms with Gasteiger partial charge in [-0.3, -0.25) is 4.79 Å². The molecule has 0 saturated heterocycles. The summed E-state index contributed by atoms with van der Waals surface area (Å²) in [5.41, 5.74) is 3.21. The summed E-state index contributed by atoms with van der Waals surface area (Å²) in [6.07, 6.45) is 0.792. The SMILES string of the molecule is CC(C)NC(=O)NCc1ccc(C(=O)OCC(=O)N2c3ccccc3C[C@H]2C)cc1. The number of esters is 1. The molecule has 7 nitrogen and oxygen atoms in total. The fraction of sp³-hybridized carbons (Fsp3) is 0.348. The molecule has 0 unspecified atom stereocenters. The average molecular weight is 409 g/mol. The quantitative estimate of drug-likeness (QED) is 0.718. The molecule has 0 spiro atoms. The highest BCUT2D eigenvalue weighted by Gasteiger charge is 2.31. The van der Waals surface area contributed by atoms with Crippen molar-refractivity contribution in [2.45, 2.75) is 45.8 Å². The van der Waals surface area contributed by atoms with Crippen LogP contribution in [0.4, 0.5) is 10.5 Å². The van der Waals surface area contributed by atoms with Crippen LogP contribution in [-0.2, 0) is 22.5 Å². The number of ether oxygens (including phenoxy) is 1. The molecule has 0 fully saturated rings. The van der Waals surface area contributed by atoms with Gasteiger partial charge in [0.05, 0.1) is 5.56 Å². The number of para-hydroxylation sites is 1. The summed E-state index contributed by atoms with van der Waals surface area (Å²) in [5.74, 6) is -0.793. The van der Waals surface area contributed by atoms with Gasteiger partial charge in [0.15, 0.2) is 6.61 Å². The van der Waals surface area contributed by atoms with Crippen LogP contribution in [0.25, 0.3) is 0 Å². The first-order valence-corrected chi connectivity index (χ1v) is 10.1. The third kappa shape index (κ3) is 5.17. The van der Waals surface area contributed by atoms with E-state index < -0.39 is 5.97 Å². The van der Waals surface area contributed by atoms with E-state index in [9.17, 15) is 14.4 Å². The molecule has 3 amide bonds. The number of carbonyl (C=O) groups is 3. The molecular weight excluding hydrogens is 382 g/mol. The molecule has 0 aromatic heterocycles. The Labute approximate surface area is 176 Å². The number of carbonyl (C=O) groups excluding carboxylic acids is 3. The molecule has 0 radical (unpaired) electrons. The van der Waals surface area contributed by atoms with E-state index in [1.165, 1.54) is 0 Å². The summed E-state index contributed by atoms with van der Waals surface area (Å²) < 4.78 is 5.24. The highest BCUT2D eigenvalue weighted by atomic mass is 16.5. The maximum Gasteiger partial charge on any atom is 0.338 e. The molecule has 3 rings (SSSR count). The monoisotopic (exact) mass is 409 g/mol. The van der Waals surface area contributed by atoms with E-state index in [0.29, 0.717) is 12.1 Å². The van der Waals surface area contributed by atoms with Gasteiger partial charge >= 0.3 is 12.0 Å². The number of hydrogen-bond donors (Lipinski definition) is 2. The number of nitrogens with one attached hydrogen (secondary N) is 2. The minimum absolute atomic E-state index is 0.0354. The van der Waals surface area contributed by atoms with Gasteiger partial charge in [-0.05, 0) is 56.5 Å². The highest BCUT2D eigenvalue weighted by molar-refractivity contribution is 5.99. The molecule has 1 aliphatic heterocycles. The molecule has 0 aliphatic carbocycles. The van der Waals surface area contributed by atoms with Crippen molar-refractivity contribution in [3.05, 3.63) is 65.2 Å². The second-order valence-corrected chi connectivity index (χ2v) is 7.70.